The van der Waals surface area contributed by atoms with Gasteiger partial charge >= 0.3 is 0 Å². The summed E-state index contributed by atoms with van der Waals surface area (Å²) >= 11 is 0. The highest BCUT2D eigenvalue weighted by Gasteiger charge is 2.24. The monoisotopic (exact) mass is 251 g/mol. The van der Waals surface area contributed by atoms with Gasteiger partial charge in [-0.05, 0) is 35.6 Å². The maximum atomic E-state index is 13.2. The second kappa shape index (κ2) is 4.88. The molecule has 1 atom stereocenters. The molecule has 1 aromatic rings. The molecule has 1 aromatic carbocycles. The Balaban J connectivity index is 2.27. The number of amides is 1. The maximum absolute atomic E-state index is 13.2. The number of benzene rings is 1. The van der Waals surface area contributed by atoms with Crippen molar-refractivity contribution in [1.82, 2.24) is 4.90 Å². The van der Waals surface area contributed by atoms with Gasteiger partial charge in [0.1, 0.15) is 5.82 Å². The smallest absolute Gasteiger partial charge is 0.281 e. The summed E-state index contributed by atoms with van der Waals surface area (Å²) in [6.07, 6.45) is 0.610. The number of hydrogen-bond acceptors (Lipinski definition) is 1. The van der Waals surface area contributed by atoms with Gasteiger partial charge in [0, 0.05) is 13.1 Å². The highest BCUT2D eigenvalue weighted by Crippen LogP contribution is 2.26. The SMILES string of the molecule is C=C(F)C(=O)N1CCc2ccc(F)cc2C(C)C1. The van der Waals surface area contributed by atoms with Gasteiger partial charge in [-0.15, -0.1) is 0 Å². The van der Waals surface area contributed by atoms with Gasteiger partial charge in [0.25, 0.3) is 5.91 Å². The third kappa shape index (κ3) is 2.42. The summed E-state index contributed by atoms with van der Waals surface area (Å²) in [6.45, 7) is 5.76. The molecule has 1 amide bonds. The molecule has 0 saturated carbocycles. The lowest BCUT2D eigenvalue weighted by molar-refractivity contribution is -0.128. The van der Waals surface area contributed by atoms with Crippen LogP contribution in [0.2, 0.25) is 0 Å². The second-order valence-corrected chi connectivity index (χ2v) is 4.65. The zero-order chi connectivity index (χ0) is 13.3. The highest BCUT2D eigenvalue weighted by atomic mass is 19.1. The fourth-order valence-corrected chi connectivity index (χ4v) is 2.38. The first-order chi connectivity index (χ1) is 8.49. The van der Waals surface area contributed by atoms with Crippen molar-refractivity contribution in [1.29, 1.82) is 0 Å². The number of carbonyl (C=O) groups excluding carboxylic acids is 1. The predicted molar refractivity (Wildman–Crippen MR) is 65.3 cm³/mol. The number of halogens is 2. The number of carbonyl (C=O) groups is 1. The van der Waals surface area contributed by atoms with E-state index in [1.54, 1.807) is 6.07 Å². The first-order valence-electron chi connectivity index (χ1n) is 5.91. The first-order valence-corrected chi connectivity index (χ1v) is 5.91. The quantitative estimate of drug-likeness (QED) is 0.703. The van der Waals surface area contributed by atoms with E-state index in [1.165, 1.54) is 17.0 Å². The second-order valence-electron chi connectivity index (χ2n) is 4.65. The van der Waals surface area contributed by atoms with E-state index in [0.29, 0.717) is 19.5 Å². The van der Waals surface area contributed by atoms with Gasteiger partial charge in [0.2, 0.25) is 0 Å². The summed E-state index contributed by atoms with van der Waals surface area (Å²) in [6, 6.07) is 4.65. The van der Waals surface area contributed by atoms with Gasteiger partial charge in [-0.1, -0.05) is 19.6 Å². The fourth-order valence-electron chi connectivity index (χ4n) is 2.38. The molecule has 0 fully saturated rings. The van der Waals surface area contributed by atoms with E-state index in [-0.39, 0.29) is 11.7 Å². The predicted octanol–water partition coefficient (Wildman–Crippen LogP) is 2.80. The molecule has 0 aliphatic carbocycles. The minimum absolute atomic E-state index is 0.0125. The Labute approximate surface area is 105 Å². The van der Waals surface area contributed by atoms with Gasteiger partial charge in [-0.25, -0.2) is 8.78 Å². The van der Waals surface area contributed by atoms with Gasteiger partial charge in [0.15, 0.2) is 5.83 Å². The Morgan fingerprint density at radius 2 is 2.22 bits per heavy atom. The highest BCUT2D eigenvalue weighted by molar-refractivity contribution is 5.90. The average Bonchev–Trinajstić information content (AvgIpc) is 2.48. The molecule has 0 bridgehead atoms. The Morgan fingerprint density at radius 1 is 1.50 bits per heavy atom. The van der Waals surface area contributed by atoms with Crippen LogP contribution in [-0.4, -0.2) is 23.9 Å². The molecule has 0 N–H and O–H groups in total. The summed E-state index contributed by atoms with van der Waals surface area (Å²) in [5.74, 6) is -1.91. The summed E-state index contributed by atoms with van der Waals surface area (Å²) < 4.78 is 26.1. The number of hydrogen-bond donors (Lipinski definition) is 0. The lowest BCUT2D eigenvalue weighted by atomic mass is 9.95. The molecule has 96 valence electrons. The molecule has 2 nitrogen and oxygen atoms in total. The molecule has 18 heavy (non-hydrogen) atoms. The Bertz CT molecular complexity index is 499. The molecule has 1 heterocycles. The average molecular weight is 251 g/mol. The van der Waals surface area contributed by atoms with Crippen molar-refractivity contribution >= 4 is 5.91 Å². The van der Waals surface area contributed by atoms with E-state index in [2.05, 4.69) is 6.58 Å². The third-order valence-electron chi connectivity index (χ3n) is 3.30. The van der Waals surface area contributed by atoms with Gasteiger partial charge < -0.3 is 4.90 Å². The minimum Gasteiger partial charge on any atom is -0.336 e. The van der Waals surface area contributed by atoms with Gasteiger partial charge in [-0.3, -0.25) is 4.79 Å². The summed E-state index contributed by atoms with van der Waals surface area (Å²) in [7, 11) is 0. The van der Waals surface area contributed by atoms with Crippen LogP contribution in [0.3, 0.4) is 0 Å². The lowest BCUT2D eigenvalue weighted by Gasteiger charge is -2.21. The van der Waals surface area contributed by atoms with E-state index in [0.717, 1.165) is 11.1 Å². The van der Waals surface area contributed by atoms with E-state index in [9.17, 15) is 13.6 Å². The topological polar surface area (TPSA) is 20.3 Å². The van der Waals surface area contributed by atoms with Gasteiger partial charge in [-0.2, -0.15) is 0 Å². The lowest BCUT2D eigenvalue weighted by Crippen LogP contribution is -2.34. The summed E-state index contributed by atoms with van der Waals surface area (Å²) in [5.41, 5.74) is 1.92. The normalized spacial score (nSPS) is 19.1. The van der Waals surface area contributed by atoms with Crippen molar-refractivity contribution in [2.24, 2.45) is 0 Å². The van der Waals surface area contributed by atoms with Crippen LogP contribution in [0.15, 0.2) is 30.6 Å². The molecule has 0 saturated heterocycles. The van der Waals surface area contributed by atoms with E-state index in [4.69, 9.17) is 0 Å². The van der Waals surface area contributed by atoms with E-state index < -0.39 is 11.7 Å². The molecule has 2 rings (SSSR count). The number of fused-ring (bicyclic) bond motifs is 1. The largest absolute Gasteiger partial charge is 0.336 e. The van der Waals surface area contributed by atoms with Crippen LogP contribution in [-0.2, 0) is 11.2 Å². The van der Waals surface area contributed by atoms with Crippen LogP contribution < -0.4 is 0 Å². The minimum atomic E-state index is -0.945. The van der Waals surface area contributed by atoms with Crippen LogP contribution in [0.25, 0.3) is 0 Å². The zero-order valence-corrected chi connectivity index (χ0v) is 10.2. The molecule has 1 aliphatic heterocycles. The van der Waals surface area contributed by atoms with Crippen molar-refractivity contribution in [3.05, 3.63) is 47.5 Å². The Hall–Kier alpha value is -1.71. The van der Waals surface area contributed by atoms with Gasteiger partial charge in [0.05, 0.1) is 0 Å². The van der Waals surface area contributed by atoms with Crippen LogP contribution in [0.5, 0.6) is 0 Å². The summed E-state index contributed by atoms with van der Waals surface area (Å²) in [5, 5.41) is 0. The number of rotatable bonds is 1. The van der Waals surface area contributed by atoms with Crippen LogP contribution in [0.1, 0.15) is 24.0 Å². The molecular weight excluding hydrogens is 236 g/mol. The van der Waals surface area contributed by atoms with Crippen LogP contribution in [0.4, 0.5) is 8.78 Å². The fraction of sp³-hybridized carbons (Fsp3) is 0.357. The van der Waals surface area contributed by atoms with Crippen LogP contribution >= 0.6 is 0 Å². The van der Waals surface area contributed by atoms with Crippen molar-refractivity contribution in [3.63, 3.8) is 0 Å². The Morgan fingerprint density at radius 3 is 2.89 bits per heavy atom. The standard InChI is InChI=1S/C14H15F2NO/c1-9-8-17(14(18)10(2)15)6-5-11-3-4-12(16)7-13(9)11/h3-4,7,9H,2,5-6,8H2,1H3. The molecule has 1 aliphatic rings. The molecule has 4 heteroatoms. The first kappa shape index (κ1) is 12.7. The zero-order valence-electron chi connectivity index (χ0n) is 10.2. The van der Waals surface area contributed by atoms with Crippen molar-refractivity contribution in [3.8, 4) is 0 Å². The third-order valence-corrected chi connectivity index (χ3v) is 3.30. The van der Waals surface area contributed by atoms with Crippen molar-refractivity contribution < 1.29 is 13.6 Å². The summed E-state index contributed by atoms with van der Waals surface area (Å²) in [4.78, 5) is 13.0. The number of nitrogens with zero attached hydrogens (tertiary/aromatic N) is 1. The van der Waals surface area contributed by atoms with E-state index >= 15 is 0 Å². The molecule has 0 radical (unpaired) electrons. The van der Waals surface area contributed by atoms with Crippen molar-refractivity contribution in [2.45, 2.75) is 19.3 Å². The van der Waals surface area contributed by atoms with E-state index in [1.807, 2.05) is 6.92 Å². The molecule has 1 unspecified atom stereocenters. The van der Waals surface area contributed by atoms with Crippen LogP contribution in [0, 0.1) is 5.82 Å². The Kier molecular flexibility index (Phi) is 3.45. The van der Waals surface area contributed by atoms with Crippen molar-refractivity contribution in [2.75, 3.05) is 13.1 Å². The molecule has 0 spiro atoms. The molecule has 0 aromatic heterocycles. The maximum Gasteiger partial charge on any atom is 0.281 e. The molecular formula is C14H15F2NO.